The second-order valence-corrected chi connectivity index (χ2v) is 4.53. The number of nitriles is 1. The van der Waals surface area contributed by atoms with Crippen molar-refractivity contribution in [1.82, 2.24) is 14.3 Å². The van der Waals surface area contributed by atoms with E-state index < -0.39 is 0 Å². The predicted molar refractivity (Wildman–Crippen MR) is 71.5 cm³/mol. The normalized spacial score (nSPS) is 10.4. The van der Waals surface area contributed by atoms with Crippen molar-refractivity contribution >= 4 is 11.6 Å². The Hall–Kier alpha value is -2.35. The molecule has 0 saturated carbocycles. The van der Waals surface area contributed by atoms with Gasteiger partial charge in [-0.15, -0.1) is 0 Å². The third kappa shape index (κ3) is 2.74. The Kier molecular flexibility index (Phi) is 3.81. The molecular formula is C14H16N4O. The highest BCUT2D eigenvalue weighted by atomic mass is 16.2. The molecule has 0 aliphatic heterocycles. The molecule has 0 atom stereocenters. The Labute approximate surface area is 112 Å². The van der Waals surface area contributed by atoms with Gasteiger partial charge in [-0.25, -0.2) is 4.98 Å². The summed E-state index contributed by atoms with van der Waals surface area (Å²) < 4.78 is 1.94. The number of carbonyl (C=O) groups excluding carboxylic acids is 1. The number of aromatic nitrogens is 2. The van der Waals surface area contributed by atoms with E-state index >= 15 is 0 Å². The quantitative estimate of drug-likeness (QED) is 0.834. The Balaban J connectivity index is 2.16. The molecule has 0 fully saturated rings. The van der Waals surface area contributed by atoms with Crippen molar-refractivity contribution in [1.29, 1.82) is 5.26 Å². The van der Waals surface area contributed by atoms with E-state index in [2.05, 4.69) is 4.98 Å². The smallest absolute Gasteiger partial charge is 0.228 e. The van der Waals surface area contributed by atoms with E-state index in [0.717, 1.165) is 16.9 Å². The van der Waals surface area contributed by atoms with Crippen molar-refractivity contribution in [2.75, 3.05) is 13.6 Å². The molecule has 0 aliphatic carbocycles. The summed E-state index contributed by atoms with van der Waals surface area (Å²) in [5.74, 6) is -0.00134. The zero-order chi connectivity index (χ0) is 13.8. The van der Waals surface area contributed by atoms with Crippen molar-refractivity contribution < 1.29 is 4.79 Å². The average molecular weight is 256 g/mol. The van der Waals surface area contributed by atoms with E-state index in [9.17, 15) is 4.79 Å². The second-order valence-electron chi connectivity index (χ2n) is 4.53. The van der Waals surface area contributed by atoms with Gasteiger partial charge in [0, 0.05) is 26.0 Å². The summed E-state index contributed by atoms with van der Waals surface area (Å²) in [5, 5.41) is 8.52. The predicted octanol–water partition coefficient (Wildman–Crippen LogP) is 1.56. The van der Waals surface area contributed by atoms with Crippen molar-refractivity contribution in [3.05, 3.63) is 35.8 Å². The molecule has 5 heteroatoms. The lowest BCUT2D eigenvalue weighted by molar-refractivity contribution is -0.129. The fraction of sp³-hybridized carbons (Fsp3) is 0.357. The van der Waals surface area contributed by atoms with Crippen LogP contribution in [0.1, 0.15) is 17.7 Å². The van der Waals surface area contributed by atoms with E-state index in [-0.39, 0.29) is 5.91 Å². The van der Waals surface area contributed by atoms with Gasteiger partial charge in [0.15, 0.2) is 0 Å². The van der Waals surface area contributed by atoms with E-state index in [1.54, 1.807) is 18.1 Å². The van der Waals surface area contributed by atoms with Crippen LogP contribution in [0.5, 0.6) is 0 Å². The van der Waals surface area contributed by atoms with Gasteiger partial charge in [-0.2, -0.15) is 5.26 Å². The third-order valence-electron chi connectivity index (χ3n) is 3.12. The monoisotopic (exact) mass is 256 g/mol. The summed E-state index contributed by atoms with van der Waals surface area (Å²) in [5.41, 5.74) is 2.83. The van der Waals surface area contributed by atoms with Gasteiger partial charge < -0.3 is 9.30 Å². The van der Waals surface area contributed by atoms with Gasteiger partial charge in [-0.3, -0.25) is 4.79 Å². The Morgan fingerprint density at radius 2 is 2.37 bits per heavy atom. The third-order valence-corrected chi connectivity index (χ3v) is 3.12. The van der Waals surface area contributed by atoms with Gasteiger partial charge in [-0.1, -0.05) is 6.07 Å². The first-order valence-electron chi connectivity index (χ1n) is 6.16. The highest BCUT2D eigenvalue weighted by molar-refractivity contribution is 5.78. The van der Waals surface area contributed by atoms with Gasteiger partial charge in [0.05, 0.1) is 24.6 Å². The summed E-state index contributed by atoms with van der Waals surface area (Å²) in [4.78, 5) is 17.9. The standard InChI is InChI=1S/C14H16N4O/c1-11-5-3-8-18-12(10-16-14(11)18)9-13(19)17(2)7-4-6-15/h3,5,8,10H,4,7,9H2,1-2H3. The summed E-state index contributed by atoms with van der Waals surface area (Å²) in [7, 11) is 1.72. The number of imidazole rings is 1. The van der Waals surface area contributed by atoms with Crippen LogP contribution in [-0.2, 0) is 11.2 Å². The molecule has 2 heterocycles. The largest absolute Gasteiger partial charge is 0.344 e. The number of aryl methyl sites for hydroxylation is 1. The van der Waals surface area contributed by atoms with Gasteiger partial charge >= 0.3 is 0 Å². The van der Waals surface area contributed by atoms with Gasteiger partial charge in [0.2, 0.25) is 5.91 Å². The molecule has 0 bridgehead atoms. The van der Waals surface area contributed by atoms with Crippen LogP contribution >= 0.6 is 0 Å². The number of pyridine rings is 1. The molecule has 98 valence electrons. The van der Waals surface area contributed by atoms with Crippen molar-refractivity contribution in [3.63, 3.8) is 0 Å². The van der Waals surface area contributed by atoms with E-state index in [4.69, 9.17) is 5.26 Å². The van der Waals surface area contributed by atoms with Crippen LogP contribution in [-0.4, -0.2) is 33.8 Å². The number of hydrogen-bond acceptors (Lipinski definition) is 3. The van der Waals surface area contributed by atoms with Crippen molar-refractivity contribution in [3.8, 4) is 6.07 Å². The first-order valence-corrected chi connectivity index (χ1v) is 6.16. The topological polar surface area (TPSA) is 61.4 Å². The average Bonchev–Trinajstić information content (AvgIpc) is 2.80. The zero-order valence-electron chi connectivity index (χ0n) is 11.1. The number of nitrogens with zero attached hydrogens (tertiary/aromatic N) is 4. The van der Waals surface area contributed by atoms with Crippen LogP contribution in [0.3, 0.4) is 0 Å². The molecule has 2 rings (SSSR count). The highest BCUT2D eigenvalue weighted by Crippen LogP contribution is 2.12. The zero-order valence-corrected chi connectivity index (χ0v) is 11.1. The van der Waals surface area contributed by atoms with Crippen LogP contribution in [0.15, 0.2) is 24.5 Å². The second kappa shape index (κ2) is 5.53. The first-order chi connectivity index (χ1) is 9.13. The number of hydrogen-bond donors (Lipinski definition) is 0. The molecule has 0 aromatic carbocycles. The minimum absolute atomic E-state index is 0.00134. The lowest BCUT2D eigenvalue weighted by atomic mass is 10.2. The molecule has 0 radical (unpaired) electrons. The molecule has 2 aromatic rings. The number of carbonyl (C=O) groups is 1. The highest BCUT2D eigenvalue weighted by Gasteiger charge is 2.13. The van der Waals surface area contributed by atoms with Crippen molar-refractivity contribution in [2.45, 2.75) is 19.8 Å². The molecule has 0 aliphatic rings. The summed E-state index contributed by atoms with van der Waals surface area (Å²) >= 11 is 0. The Morgan fingerprint density at radius 1 is 1.58 bits per heavy atom. The van der Waals surface area contributed by atoms with Gasteiger partial charge in [0.25, 0.3) is 0 Å². The van der Waals surface area contributed by atoms with Crippen LogP contribution < -0.4 is 0 Å². The minimum atomic E-state index is -0.00134. The van der Waals surface area contributed by atoms with Crippen LogP contribution in [0.2, 0.25) is 0 Å². The Morgan fingerprint density at radius 3 is 3.11 bits per heavy atom. The number of amides is 1. The number of rotatable bonds is 4. The SMILES string of the molecule is Cc1cccn2c(CC(=O)N(C)CCC#N)cnc12. The number of fused-ring (bicyclic) bond motifs is 1. The molecule has 0 saturated heterocycles. The maximum Gasteiger partial charge on any atom is 0.228 e. The van der Waals surface area contributed by atoms with Crippen LogP contribution in [0, 0.1) is 18.3 Å². The molecule has 1 amide bonds. The lowest BCUT2D eigenvalue weighted by Crippen LogP contribution is -2.29. The number of likely N-dealkylation sites (N-methyl/N-ethyl adjacent to an activating group) is 1. The molecule has 0 spiro atoms. The molecule has 2 aromatic heterocycles. The van der Waals surface area contributed by atoms with Gasteiger partial charge in [0.1, 0.15) is 5.65 Å². The maximum absolute atomic E-state index is 12.0. The minimum Gasteiger partial charge on any atom is -0.344 e. The van der Waals surface area contributed by atoms with Crippen LogP contribution in [0.4, 0.5) is 0 Å². The summed E-state index contributed by atoms with van der Waals surface area (Å²) in [6, 6.07) is 5.97. The van der Waals surface area contributed by atoms with E-state index in [0.29, 0.717) is 19.4 Å². The molecule has 0 N–H and O–H groups in total. The van der Waals surface area contributed by atoms with E-state index in [1.807, 2.05) is 35.7 Å². The molecule has 5 nitrogen and oxygen atoms in total. The fourth-order valence-corrected chi connectivity index (χ4v) is 1.97. The summed E-state index contributed by atoms with van der Waals surface area (Å²) in [6.07, 6.45) is 4.30. The van der Waals surface area contributed by atoms with Crippen molar-refractivity contribution in [2.24, 2.45) is 0 Å². The van der Waals surface area contributed by atoms with Crippen LogP contribution in [0.25, 0.3) is 5.65 Å². The maximum atomic E-state index is 12.0. The molecule has 0 unspecified atom stereocenters. The summed E-state index contributed by atoms with van der Waals surface area (Å²) in [6.45, 7) is 2.46. The first kappa shape index (κ1) is 13.1. The lowest BCUT2D eigenvalue weighted by Gasteiger charge is -2.15. The molecular weight excluding hydrogens is 240 g/mol. The van der Waals surface area contributed by atoms with E-state index in [1.165, 1.54) is 0 Å². The fourth-order valence-electron chi connectivity index (χ4n) is 1.97. The van der Waals surface area contributed by atoms with Gasteiger partial charge in [-0.05, 0) is 18.6 Å². The molecule has 19 heavy (non-hydrogen) atoms. The Bertz CT molecular complexity index is 638.